The van der Waals surface area contributed by atoms with Gasteiger partial charge in [0.1, 0.15) is 19.6 Å². The fourth-order valence-electron chi connectivity index (χ4n) is 1.74. The molecule has 0 N–H and O–H groups in total. The van der Waals surface area contributed by atoms with Crippen molar-refractivity contribution in [3.05, 3.63) is 29.8 Å². The van der Waals surface area contributed by atoms with E-state index in [0.29, 0.717) is 0 Å². The first kappa shape index (κ1) is 20.6. The molecule has 0 amide bonds. The number of hydrogen-bond donors (Lipinski definition) is 0. The van der Waals surface area contributed by atoms with Gasteiger partial charge in [0.15, 0.2) is 0 Å². The molecule has 0 unspecified atom stereocenters. The van der Waals surface area contributed by atoms with Crippen molar-refractivity contribution in [2.75, 3.05) is 26.3 Å². The van der Waals surface area contributed by atoms with Gasteiger partial charge in [0.25, 0.3) is 10.0 Å². The number of rotatable bonds is 9. The van der Waals surface area contributed by atoms with E-state index in [2.05, 4.69) is 4.40 Å². The summed E-state index contributed by atoms with van der Waals surface area (Å²) >= 11 is 0. The van der Waals surface area contributed by atoms with Crippen molar-refractivity contribution in [3.8, 4) is 0 Å². The normalized spacial score (nSPS) is 11.3. The molecule has 0 atom stereocenters. The lowest BCUT2D eigenvalue weighted by atomic mass is 10.2. The molecular weight excluding hydrogens is 348 g/mol. The Bertz CT molecular complexity index is 693. The predicted octanol–water partition coefficient (Wildman–Crippen LogP) is 1.14. The summed E-state index contributed by atoms with van der Waals surface area (Å²) in [5, 5.41) is 0. The number of ether oxygens (including phenoxy) is 2. The van der Waals surface area contributed by atoms with Gasteiger partial charge in [-0.2, -0.15) is 8.42 Å². The van der Waals surface area contributed by atoms with Gasteiger partial charge in [0.05, 0.1) is 18.0 Å². The van der Waals surface area contributed by atoms with Gasteiger partial charge in [-0.15, -0.1) is 4.40 Å². The molecule has 0 saturated carbocycles. The van der Waals surface area contributed by atoms with Crippen molar-refractivity contribution in [1.82, 2.24) is 4.90 Å². The van der Waals surface area contributed by atoms with Gasteiger partial charge in [-0.3, -0.25) is 9.59 Å². The molecular formula is C16H22N2O6S. The molecule has 0 aliphatic heterocycles. The van der Waals surface area contributed by atoms with E-state index in [1.54, 1.807) is 12.1 Å². The van der Waals surface area contributed by atoms with E-state index in [-0.39, 0.29) is 31.2 Å². The largest absolute Gasteiger partial charge is 0.464 e. The lowest BCUT2D eigenvalue weighted by Crippen LogP contribution is -2.31. The first-order valence-electron chi connectivity index (χ1n) is 7.58. The second-order valence-electron chi connectivity index (χ2n) is 5.23. The Hall–Kier alpha value is -2.42. The molecule has 9 heteroatoms. The maximum atomic E-state index is 12.2. The smallest absolute Gasteiger partial charge is 0.302 e. The van der Waals surface area contributed by atoms with Gasteiger partial charge in [-0.1, -0.05) is 17.7 Å². The summed E-state index contributed by atoms with van der Waals surface area (Å²) in [7, 11) is -3.84. The monoisotopic (exact) mass is 370 g/mol. The summed E-state index contributed by atoms with van der Waals surface area (Å²) in [5.74, 6) is -0.881. The van der Waals surface area contributed by atoms with Crippen LogP contribution in [0.2, 0.25) is 0 Å². The van der Waals surface area contributed by atoms with Gasteiger partial charge in [0, 0.05) is 13.8 Å². The lowest BCUT2D eigenvalue weighted by Gasteiger charge is -2.18. The van der Waals surface area contributed by atoms with Crippen LogP contribution in [-0.2, 0) is 29.1 Å². The Morgan fingerprint density at radius 3 is 1.96 bits per heavy atom. The summed E-state index contributed by atoms with van der Waals surface area (Å²) in [6, 6.07) is 6.32. The maximum Gasteiger partial charge on any atom is 0.302 e. The van der Waals surface area contributed by atoms with Gasteiger partial charge < -0.3 is 14.4 Å². The average molecular weight is 370 g/mol. The highest BCUT2D eigenvalue weighted by atomic mass is 32.2. The van der Waals surface area contributed by atoms with Crippen LogP contribution in [0.15, 0.2) is 33.6 Å². The third-order valence-corrected chi connectivity index (χ3v) is 4.28. The van der Waals surface area contributed by atoms with Crippen LogP contribution in [0.1, 0.15) is 19.4 Å². The number of sulfonamides is 1. The molecule has 25 heavy (non-hydrogen) atoms. The van der Waals surface area contributed by atoms with Crippen LogP contribution < -0.4 is 0 Å². The molecule has 0 aliphatic carbocycles. The number of esters is 2. The van der Waals surface area contributed by atoms with E-state index in [4.69, 9.17) is 9.47 Å². The van der Waals surface area contributed by atoms with Crippen molar-refractivity contribution in [2.45, 2.75) is 25.7 Å². The van der Waals surface area contributed by atoms with Gasteiger partial charge in [-0.05, 0) is 19.1 Å². The Balaban J connectivity index is 2.78. The molecule has 0 bridgehead atoms. The highest BCUT2D eigenvalue weighted by molar-refractivity contribution is 7.90. The first-order chi connectivity index (χ1) is 11.7. The number of hydrogen-bond acceptors (Lipinski definition) is 6. The molecule has 0 spiro atoms. The highest BCUT2D eigenvalue weighted by Crippen LogP contribution is 2.12. The number of nitrogens with zero attached hydrogens (tertiary/aromatic N) is 2. The van der Waals surface area contributed by atoms with Crippen LogP contribution in [0.5, 0.6) is 0 Å². The van der Waals surface area contributed by atoms with E-state index < -0.39 is 22.0 Å². The Morgan fingerprint density at radius 2 is 1.52 bits per heavy atom. The fraction of sp³-hybridized carbons (Fsp3) is 0.438. The summed E-state index contributed by atoms with van der Waals surface area (Å²) in [6.45, 7) is 4.96. The minimum absolute atomic E-state index is 0.0615. The van der Waals surface area contributed by atoms with Crippen molar-refractivity contribution in [3.63, 3.8) is 0 Å². The first-order valence-corrected chi connectivity index (χ1v) is 9.02. The van der Waals surface area contributed by atoms with Crippen molar-refractivity contribution < 1.29 is 27.5 Å². The van der Waals surface area contributed by atoms with Crippen molar-refractivity contribution in [2.24, 2.45) is 4.40 Å². The van der Waals surface area contributed by atoms with Gasteiger partial charge in [-0.25, -0.2) is 0 Å². The quantitative estimate of drug-likeness (QED) is 0.365. The van der Waals surface area contributed by atoms with Crippen LogP contribution in [0.3, 0.4) is 0 Å². The number of carbonyl (C=O) groups is 2. The molecule has 0 heterocycles. The molecule has 0 radical (unpaired) electrons. The number of aryl methyl sites for hydroxylation is 1. The highest BCUT2D eigenvalue weighted by Gasteiger charge is 2.12. The van der Waals surface area contributed by atoms with E-state index in [1.807, 2.05) is 6.92 Å². The minimum Gasteiger partial charge on any atom is -0.464 e. The average Bonchev–Trinajstić information content (AvgIpc) is 2.52. The predicted molar refractivity (Wildman–Crippen MR) is 91.7 cm³/mol. The zero-order chi connectivity index (χ0) is 18.9. The summed E-state index contributed by atoms with van der Waals surface area (Å²) in [6.07, 6.45) is 1.14. The third-order valence-electron chi connectivity index (χ3n) is 3.04. The third kappa shape index (κ3) is 8.30. The van der Waals surface area contributed by atoms with Crippen molar-refractivity contribution >= 4 is 28.3 Å². The number of benzene rings is 1. The molecule has 8 nitrogen and oxygen atoms in total. The molecule has 0 saturated heterocycles. The summed E-state index contributed by atoms with van der Waals surface area (Å²) in [4.78, 5) is 23.2. The van der Waals surface area contributed by atoms with E-state index in [1.165, 1.54) is 30.9 Å². The van der Waals surface area contributed by atoms with Crippen LogP contribution in [0.4, 0.5) is 0 Å². The molecule has 1 aromatic rings. The summed E-state index contributed by atoms with van der Waals surface area (Å²) in [5.41, 5.74) is 0.937. The van der Waals surface area contributed by atoms with Crippen molar-refractivity contribution in [1.29, 1.82) is 0 Å². The zero-order valence-corrected chi connectivity index (χ0v) is 15.3. The lowest BCUT2D eigenvalue weighted by molar-refractivity contribution is -0.141. The second-order valence-corrected chi connectivity index (χ2v) is 6.86. The summed E-state index contributed by atoms with van der Waals surface area (Å²) < 4.78 is 37.7. The zero-order valence-electron chi connectivity index (χ0n) is 14.5. The van der Waals surface area contributed by atoms with E-state index in [0.717, 1.165) is 11.9 Å². The van der Waals surface area contributed by atoms with Crippen LogP contribution in [0.25, 0.3) is 0 Å². The molecule has 1 rings (SSSR count). The Labute approximate surface area is 147 Å². The molecule has 1 aromatic carbocycles. The molecule has 0 fully saturated rings. The maximum absolute atomic E-state index is 12.2. The van der Waals surface area contributed by atoms with Crippen LogP contribution in [0, 0.1) is 6.92 Å². The Kier molecular flexibility index (Phi) is 8.06. The Morgan fingerprint density at radius 1 is 1.04 bits per heavy atom. The number of carbonyl (C=O) groups excluding carboxylic acids is 2. The van der Waals surface area contributed by atoms with Gasteiger partial charge in [0.2, 0.25) is 0 Å². The SMILES string of the molecule is CC(=O)OCCN(/C=N/S(=O)(=O)c1ccc(C)cc1)CCOC(C)=O. The fourth-order valence-corrected chi connectivity index (χ4v) is 2.60. The van der Waals surface area contributed by atoms with Crippen LogP contribution >= 0.6 is 0 Å². The van der Waals surface area contributed by atoms with E-state index >= 15 is 0 Å². The topological polar surface area (TPSA) is 102 Å². The van der Waals surface area contributed by atoms with E-state index in [9.17, 15) is 18.0 Å². The molecule has 0 aromatic heterocycles. The standard InChI is InChI=1S/C16H22N2O6S/c1-13-4-6-16(7-5-13)25(21,22)17-12-18(8-10-23-14(2)19)9-11-24-15(3)20/h4-7,12H,8-11H2,1-3H3/b17-12+. The molecule has 138 valence electrons. The minimum atomic E-state index is -3.84. The second kappa shape index (κ2) is 9.77. The van der Waals surface area contributed by atoms with Gasteiger partial charge >= 0.3 is 11.9 Å². The van der Waals surface area contributed by atoms with Crippen LogP contribution in [-0.4, -0.2) is 57.9 Å². The molecule has 0 aliphatic rings.